The van der Waals surface area contributed by atoms with Crippen LogP contribution in [0.3, 0.4) is 0 Å². The van der Waals surface area contributed by atoms with E-state index in [2.05, 4.69) is 11.9 Å². The summed E-state index contributed by atoms with van der Waals surface area (Å²) in [6.07, 6.45) is 3.35. The van der Waals surface area contributed by atoms with Gasteiger partial charge in [-0.2, -0.15) is 0 Å². The summed E-state index contributed by atoms with van der Waals surface area (Å²) in [5.74, 6) is 0.0599. The molecule has 0 aliphatic carbocycles. The third-order valence-corrected chi connectivity index (χ3v) is 5.96. The number of rotatable bonds is 5. The Morgan fingerprint density at radius 3 is 2.48 bits per heavy atom. The summed E-state index contributed by atoms with van der Waals surface area (Å²) in [4.78, 5) is 43.2. The molecular formula is C22H31N3O4. The van der Waals surface area contributed by atoms with Crippen molar-refractivity contribution in [1.29, 1.82) is 0 Å². The van der Waals surface area contributed by atoms with Crippen molar-refractivity contribution in [2.75, 3.05) is 53.4 Å². The maximum atomic E-state index is 12.9. The Morgan fingerprint density at radius 2 is 1.76 bits per heavy atom. The summed E-state index contributed by atoms with van der Waals surface area (Å²) in [7, 11) is 3.41. The number of likely N-dealkylation sites (tertiary alicyclic amines) is 1. The second-order valence-corrected chi connectivity index (χ2v) is 8.05. The van der Waals surface area contributed by atoms with Gasteiger partial charge in [-0.25, -0.2) is 4.79 Å². The fourth-order valence-electron chi connectivity index (χ4n) is 4.11. The molecule has 7 nitrogen and oxygen atoms in total. The van der Waals surface area contributed by atoms with Crippen LogP contribution in [0.5, 0.6) is 0 Å². The SMILES string of the molecule is COC(=O)c1cccc(C(=O)N2CCC[C@@H](CCC(=O)N3CCN(C)CC3)C2)c1. The van der Waals surface area contributed by atoms with Gasteiger partial charge in [0.05, 0.1) is 12.7 Å². The summed E-state index contributed by atoms with van der Waals surface area (Å²) < 4.78 is 4.74. The van der Waals surface area contributed by atoms with Crippen molar-refractivity contribution in [2.45, 2.75) is 25.7 Å². The number of carbonyl (C=O) groups is 3. The molecule has 2 amide bonds. The summed E-state index contributed by atoms with van der Waals surface area (Å²) in [5, 5.41) is 0. The van der Waals surface area contributed by atoms with E-state index >= 15 is 0 Å². The molecule has 2 aliphatic rings. The van der Waals surface area contributed by atoms with Crippen LogP contribution in [0.2, 0.25) is 0 Å². The predicted molar refractivity (Wildman–Crippen MR) is 110 cm³/mol. The minimum absolute atomic E-state index is 0.0640. The lowest BCUT2D eigenvalue weighted by atomic mass is 9.92. The summed E-state index contributed by atoms with van der Waals surface area (Å²) in [6, 6.07) is 6.67. The van der Waals surface area contributed by atoms with E-state index in [4.69, 9.17) is 4.74 Å². The fraction of sp³-hybridized carbons (Fsp3) is 0.591. The standard InChI is InChI=1S/C22H31N3O4/c1-23-11-13-24(14-12-23)20(26)9-8-17-5-4-10-25(16-17)21(27)18-6-3-7-19(15-18)22(28)29-2/h3,6-7,15,17H,4-5,8-14,16H2,1-2H3/t17-/m0/s1. The highest BCUT2D eigenvalue weighted by atomic mass is 16.5. The number of carbonyl (C=O) groups excluding carboxylic acids is 3. The van der Waals surface area contributed by atoms with Crippen LogP contribution in [-0.4, -0.2) is 85.9 Å². The van der Waals surface area contributed by atoms with Crippen molar-refractivity contribution >= 4 is 17.8 Å². The Morgan fingerprint density at radius 1 is 1.03 bits per heavy atom. The van der Waals surface area contributed by atoms with Gasteiger partial charge in [0.25, 0.3) is 5.91 Å². The van der Waals surface area contributed by atoms with Crippen molar-refractivity contribution in [3.63, 3.8) is 0 Å². The largest absolute Gasteiger partial charge is 0.465 e. The first-order valence-electron chi connectivity index (χ1n) is 10.4. The third kappa shape index (κ3) is 5.56. The number of likely N-dealkylation sites (N-methyl/N-ethyl adjacent to an activating group) is 1. The van der Waals surface area contributed by atoms with Gasteiger partial charge in [0.2, 0.25) is 5.91 Å². The highest BCUT2D eigenvalue weighted by Crippen LogP contribution is 2.23. The zero-order valence-electron chi connectivity index (χ0n) is 17.4. The first-order valence-corrected chi connectivity index (χ1v) is 10.4. The van der Waals surface area contributed by atoms with Gasteiger partial charge >= 0.3 is 5.97 Å². The van der Waals surface area contributed by atoms with Gasteiger partial charge < -0.3 is 19.4 Å². The molecule has 3 rings (SSSR count). The maximum Gasteiger partial charge on any atom is 0.337 e. The monoisotopic (exact) mass is 401 g/mol. The number of nitrogens with zero attached hydrogens (tertiary/aromatic N) is 3. The van der Waals surface area contributed by atoms with Gasteiger partial charge in [-0.1, -0.05) is 6.07 Å². The van der Waals surface area contributed by atoms with Crippen LogP contribution in [0.4, 0.5) is 0 Å². The molecule has 0 bridgehead atoms. The zero-order valence-corrected chi connectivity index (χ0v) is 17.4. The van der Waals surface area contributed by atoms with Crippen molar-refractivity contribution in [3.05, 3.63) is 35.4 Å². The molecule has 29 heavy (non-hydrogen) atoms. The van der Waals surface area contributed by atoms with E-state index in [1.165, 1.54) is 7.11 Å². The molecule has 7 heteroatoms. The molecule has 0 unspecified atom stereocenters. The molecule has 2 saturated heterocycles. The lowest BCUT2D eigenvalue weighted by molar-refractivity contribution is -0.133. The Hall–Kier alpha value is -2.41. The summed E-state index contributed by atoms with van der Waals surface area (Å²) in [6.45, 7) is 4.86. The average Bonchev–Trinajstić information content (AvgIpc) is 2.77. The third-order valence-electron chi connectivity index (χ3n) is 5.96. The van der Waals surface area contributed by atoms with Gasteiger partial charge in [-0.3, -0.25) is 9.59 Å². The second-order valence-electron chi connectivity index (χ2n) is 8.05. The van der Waals surface area contributed by atoms with Crippen molar-refractivity contribution in [1.82, 2.24) is 14.7 Å². The Kier molecular flexibility index (Phi) is 7.25. The lowest BCUT2D eigenvalue weighted by Crippen LogP contribution is -2.47. The molecule has 1 aromatic rings. The van der Waals surface area contributed by atoms with Crippen LogP contribution in [0, 0.1) is 5.92 Å². The molecule has 2 heterocycles. The van der Waals surface area contributed by atoms with Crippen LogP contribution in [0.15, 0.2) is 24.3 Å². The number of ether oxygens (including phenoxy) is 1. The van der Waals surface area contributed by atoms with Gasteiger partial charge in [0.15, 0.2) is 0 Å². The lowest BCUT2D eigenvalue weighted by Gasteiger charge is -2.34. The molecule has 0 radical (unpaired) electrons. The number of piperazine rings is 1. The van der Waals surface area contributed by atoms with Crippen LogP contribution in [0.25, 0.3) is 0 Å². The maximum absolute atomic E-state index is 12.9. The number of methoxy groups -OCH3 is 1. The molecule has 158 valence electrons. The minimum atomic E-state index is -0.446. The average molecular weight is 402 g/mol. The summed E-state index contributed by atoms with van der Waals surface area (Å²) in [5.41, 5.74) is 0.881. The summed E-state index contributed by atoms with van der Waals surface area (Å²) >= 11 is 0. The van der Waals surface area contributed by atoms with E-state index in [1.807, 2.05) is 9.80 Å². The van der Waals surface area contributed by atoms with Crippen LogP contribution >= 0.6 is 0 Å². The molecule has 1 atom stereocenters. The quantitative estimate of drug-likeness (QED) is 0.705. The van der Waals surface area contributed by atoms with Gasteiger partial charge in [0, 0.05) is 51.3 Å². The second kappa shape index (κ2) is 9.87. The predicted octanol–water partition coefficient (Wildman–Crippen LogP) is 1.88. The fourth-order valence-corrected chi connectivity index (χ4v) is 4.11. The number of hydrogen-bond donors (Lipinski definition) is 0. The minimum Gasteiger partial charge on any atom is -0.465 e. The van der Waals surface area contributed by atoms with Crippen molar-refractivity contribution in [2.24, 2.45) is 5.92 Å². The molecule has 2 aliphatic heterocycles. The smallest absolute Gasteiger partial charge is 0.337 e. The Balaban J connectivity index is 1.53. The molecular weight excluding hydrogens is 370 g/mol. The zero-order chi connectivity index (χ0) is 20.8. The molecule has 0 spiro atoms. The normalized spacial score (nSPS) is 20.4. The van der Waals surface area contributed by atoms with E-state index in [9.17, 15) is 14.4 Å². The number of esters is 1. The highest BCUT2D eigenvalue weighted by Gasteiger charge is 2.26. The Labute approximate surface area is 172 Å². The van der Waals surface area contributed by atoms with E-state index in [-0.39, 0.29) is 11.8 Å². The molecule has 0 aromatic heterocycles. The van der Waals surface area contributed by atoms with Gasteiger partial charge in [0.1, 0.15) is 0 Å². The number of benzene rings is 1. The highest BCUT2D eigenvalue weighted by molar-refractivity contribution is 5.98. The number of amides is 2. The Bertz CT molecular complexity index is 743. The molecule has 0 saturated carbocycles. The molecule has 2 fully saturated rings. The van der Waals surface area contributed by atoms with Gasteiger partial charge in [-0.05, 0) is 50.4 Å². The van der Waals surface area contributed by atoms with Crippen LogP contribution in [0.1, 0.15) is 46.4 Å². The molecule has 0 N–H and O–H groups in total. The molecule has 1 aromatic carbocycles. The van der Waals surface area contributed by atoms with Crippen LogP contribution < -0.4 is 0 Å². The number of hydrogen-bond acceptors (Lipinski definition) is 5. The van der Waals surface area contributed by atoms with E-state index < -0.39 is 5.97 Å². The van der Waals surface area contributed by atoms with Gasteiger partial charge in [-0.15, -0.1) is 0 Å². The first kappa shape index (κ1) is 21.3. The topological polar surface area (TPSA) is 70.2 Å². The van der Waals surface area contributed by atoms with Crippen LogP contribution in [-0.2, 0) is 9.53 Å². The number of piperidine rings is 1. The first-order chi connectivity index (χ1) is 14.0. The van der Waals surface area contributed by atoms with E-state index in [1.54, 1.807) is 24.3 Å². The van der Waals surface area contributed by atoms with E-state index in [0.29, 0.717) is 36.6 Å². The van der Waals surface area contributed by atoms with Crippen molar-refractivity contribution in [3.8, 4) is 0 Å². The van der Waals surface area contributed by atoms with E-state index in [0.717, 1.165) is 45.4 Å². The van der Waals surface area contributed by atoms with Crippen molar-refractivity contribution < 1.29 is 19.1 Å².